The second kappa shape index (κ2) is 9.05. The first-order valence-corrected chi connectivity index (χ1v) is 9.89. The number of hydrogen-bond acceptors (Lipinski definition) is 3. The van der Waals surface area contributed by atoms with Gasteiger partial charge in [-0.2, -0.15) is 0 Å². The SMILES string of the molecule is CC(C)[C@@H](CCNCc1ccc(N(C)C)cc1)[C@@H]1CCOC(C)(C)C1. The van der Waals surface area contributed by atoms with Crippen LogP contribution in [0.5, 0.6) is 0 Å². The molecule has 3 heteroatoms. The molecule has 0 spiro atoms. The third kappa shape index (κ3) is 6.31. The van der Waals surface area contributed by atoms with E-state index in [1.165, 1.54) is 30.5 Å². The van der Waals surface area contributed by atoms with Crippen LogP contribution in [0, 0.1) is 17.8 Å². The van der Waals surface area contributed by atoms with Crippen molar-refractivity contribution < 1.29 is 4.74 Å². The van der Waals surface area contributed by atoms with E-state index in [1.54, 1.807) is 0 Å². The first kappa shape index (κ1) is 20.3. The maximum Gasteiger partial charge on any atom is 0.0629 e. The molecule has 25 heavy (non-hydrogen) atoms. The molecule has 1 aliphatic rings. The van der Waals surface area contributed by atoms with E-state index in [4.69, 9.17) is 4.74 Å². The number of anilines is 1. The van der Waals surface area contributed by atoms with E-state index in [-0.39, 0.29) is 5.60 Å². The highest BCUT2D eigenvalue weighted by Crippen LogP contribution is 2.37. The lowest BCUT2D eigenvalue weighted by atomic mass is 9.73. The number of nitrogens with zero attached hydrogens (tertiary/aromatic N) is 1. The van der Waals surface area contributed by atoms with Crippen molar-refractivity contribution in [1.29, 1.82) is 0 Å². The van der Waals surface area contributed by atoms with Crippen molar-refractivity contribution in [2.75, 3.05) is 32.1 Å². The Hall–Kier alpha value is -1.06. The van der Waals surface area contributed by atoms with E-state index in [2.05, 4.69) is 76.3 Å². The first-order chi connectivity index (χ1) is 11.8. The maximum atomic E-state index is 5.92. The van der Waals surface area contributed by atoms with Crippen LogP contribution in [-0.4, -0.2) is 32.8 Å². The summed E-state index contributed by atoms with van der Waals surface area (Å²) in [5.41, 5.74) is 2.67. The lowest BCUT2D eigenvalue weighted by molar-refractivity contribution is -0.0867. The molecule has 1 heterocycles. The van der Waals surface area contributed by atoms with Crippen molar-refractivity contribution in [2.45, 2.75) is 59.1 Å². The largest absolute Gasteiger partial charge is 0.378 e. The summed E-state index contributed by atoms with van der Waals surface area (Å²) in [5.74, 6) is 2.32. The zero-order valence-corrected chi connectivity index (χ0v) is 17.1. The summed E-state index contributed by atoms with van der Waals surface area (Å²) in [4.78, 5) is 2.14. The fourth-order valence-corrected chi connectivity index (χ4v) is 4.17. The van der Waals surface area contributed by atoms with Crippen molar-refractivity contribution in [3.05, 3.63) is 29.8 Å². The zero-order valence-electron chi connectivity index (χ0n) is 17.1. The third-order valence-corrected chi connectivity index (χ3v) is 5.63. The van der Waals surface area contributed by atoms with Gasteiger partial charge in [0.2, 0.25) is 0 Å². The zero-order chi connectivity index (χ0) is 18.4. The molecule has 1 saturated heterocycles. The molecule has 0 aromatic heterocycles. The minimum atomic E-state index is 0.0532. The van der Waals surface area contributed by atoms with Crippen LogP contribution < -0.4 is 10.2 Å². The number of ether oxygens (including phenoxy) is 1. The summed E-state index contributed by atoms with van der Waals surface area (Å²) in [6.45, 7) is 12.2. The molecule has 0 unspecified atom stereocenters. The molecule has 1 N–H and O–H groups in total. The summed E-state index contributed by atoms with van der Waals surface area (Å²) >= 11 is 0. The molecule has 0 saturated carbocycles. The van der Waals surface area contributed by atoms with Gasteiger partial charge in [0.1, 0.15) is 0 Å². The quantitative estimate of drug-likeness (QED) is 0.690. The Balaban J connectivity index is 1.79. The van der Waals surface area contributed by atoms with E-state index in [1.807, 2.05) is 0 Å². The maximum absolute atomic E-state index is 5.92. The molecule has 0 aliphatic carbocycles. The van der Waals surface area contributed by atoms with Gasteiger partial charge in [0, 0.05) is 32.9 Å². The Morgan fingerprint density at radius 3 is 2.44 bits per heavy atom. The van der Waals surface area contributed by atoms with Crippen LogP contribution in [0.2, 0.25) is 0 Å². The van der Waals surface area contributed by atoms with Crippen molar-refractivity contribution in [3.8, 4) is 0 Å². The highest BCUT2D eigenvalue weighted by Gasteiger charge is 2.34. The Labute approximate surface area is 155 Å². The molecule has 1 fully saturated rings. The van der Waals surface area contributed by atoms with Gasteiger partial charge in [0.15, 0.2) is 0 Å². The molecule has 3 nitrogen and oxygen atoms in total. The number of nitrogens with one attached hydrogen (secondary N) is 1. The minimum absolute atomic E-state index is 0.0532. The average molecular weight is 347 g/mol. The second-order valence-corrected chi connectivity index (χ2v) is 8.80. The highest BCUT2D eigenvalue weighted by molar-refractivity contribution is 5.45. The van der Waals surface area contributed by atoms with Gasteiger partial charge in [-0.25, -0.2) is 0 Å². The fraction of sp³-hybridized carbons (Fsp3) is 0.727. The van der Waals surface area contributed by atoms with Gasteiger partial charge in [-0.15, -0.1) is 0 Å². The Morgan fingerprint density at radius 1 is 1.20 bits per heavy atom. The number of rotatable bonds is 8. The molecule has 2 atom stereocenters. The molecular weight excluding hydrogens is 308 g/mol. The van der Waals surface area contributed by atoms with Crippen LogP contribution in [0.1, 0.15) is 52.5 Å². The normalized spacial score (nSPS) is 21.3. The van der Waals surface area contributed by atoms with E-state index < -0.39 is 0 Å². The Bertz CT molecular complexity index is 507. The van der Waals surface area contributed by atoms with Crippen LogP contribution in [0.3, 0.4) is 0 Å². The topological polar surface area (TPSA) is 24.5 Å². The summed E-state index contributed by atoms with van der Waals surface area (Å²) in [6, 6.07) is 8.84. The fourth-order valence-electron chi connectivity index (χ4n) is 4.17. The van der Waals surface area contributed by atoms with Gasteiger partial charge >= 0.3 is 0 Å². The van der Waals surface area contributed by atoms with Crippen molar-refractivity contribution >= 4 is 5.69 Å². The highest BCUT2D eigenvalue weighted by atomic mass is 16.5. The molecule has 142 valence electrons. The molecule has 1 aliphatic heterocycles. The van der Waals surface area contributed by atoms with Crippen molar-refractivity contribution in [3.63, 3.8) is 0 Å². The molecule has 1 aromatic rings. The van der Waals surface area contributed by atoms with Crippen molar-refractivity contribution in [2.24, 2.45) is 17.8 Å². The summed E-state index contributed by atoms with van der Waals surface area (Å²) in [5, 5.41) is 3.65. The standard InChI is InChI=1S/C22H38N2O/c1-17(2)21(19-12-14-25-22(3,4)15-19)11-13-23-16-18-7-9-20(10-8-18)24(5)6/h7-10,17,19,21,23H,11-16H2,1-6H3/t19-,21-/m1/s1. The third-order valence-electron chi connectivity index (χ3n) is 5.63. The second-order valence-electron chi connectivity index (χ2n) is 8.80. The lowest BCUT2D eigenvalue weighted by Crippen LogP contribution is -2.38. The lowest BCUT2D eigenvalue weighted by Gasteiger charge is -2.40. The number of hydrogen-bond donors (Lipinski definition) is 1. The van der Waals surface area contributed by atoms with Gasteiger partial charge in [0.05, 0.1) is 5.60 Å². The smallest absolute Gasteiger partial charge is 0.0629 e. The molecule has 0 amide bonds. The van der Waals surface area contributed by atoms with Crippen LogP contribution in [0.15, 0.2) is 24.3 Å². The van der Waals surface area contributed by atoms with E-state index in [9.17, 15) is 0 Å². The van der Waals surface area contributed by atoms with Gasteiger partial charge in [-0.3, -0.25) is 0 Å². The Morgan fingerprint density at radius 2 is 1.88 bits per heavy atom. The van der Waals surface area contributed by atoms with Crippen molar-refractivity contribution in [1.82, 2.24) is 5.32 Å². The molecule has 2 rings (SSSR count). The molecule has 0 radical (unpaired) electrons. The predicted octanol–water partition coefficient (Wildman–Crippen LogP) is 4.71. The predicted molar refractivity (Wildman–Crippen MR) is 108 cm³/mol. The summed E-state index contributed by atoms with van der Waals surface area (Å²) < 4.78 is 5.92. The molecule has 1 aromatic carbocycles. The minimum Gasteiger partial charge on any atom is -0.378 e. The number of benzene rings is 1. The molecular formula is C22H38N2O. The van der Waals surface area contributed by atoms with Gasteiger partial charge in [-0.05, 0) is 75.1 Å². The van der Waals surface area contributed by atoms with Gasteiger partial charge < -0.3 is 15.0 Å². The van der Waals surface area contributed by atoms with E-state index in [0.29, 0.717) is 0 Å². The molecule has 0 bridgehead atoms. The van der Waals surface area contributed by atoms with E-state index in [0.717, 1.165) is 37.5 Å². The summed E-state index contributed by atoms with van der Waals surface area (Å²) in [7, 11) is 4.16. The average Bonchev–Trinajstić information content (AvgIpc) is 2.53. The van der Waals surface area contributed by atoms with Crippen LogP contribution in [-0.2, 0) is 11.3 Å². The van der Waals surface area contributed by atoms with Gasteiger partial charge in [0.25, 0.3) is 0 Å². The van der Waals surface area contributed by atoms with Crippen LogP contribution in [0.25, 0.3) is 0 Å². The Kier molecular flexibility index (Phi) is 7.33. The van der Waals surface area contributed by atoms with Gasteiger partial charge in [-0.1, -0.05) is 26.0 Å². The first-order valence-electron chi connectivity index (χ1n) is 9.89. The van der Waals surface area contributed by atoms with Crippen LogP contribution in [0.4, 0.5) is 5.69 Å². The van der Waals surface area contributed by atoms with E-state index >= 15 is 0 Å². The van der Waals surface area contributed by atoms with Crippen LogP contribution >= 0.6 is 0 Å². The monoisotopic (exact) mass is 346 g/mol. The summed E-state index contributed by atoms with van der Waals surface area (Å²) in [6.07, 6.45) is 3.67.